The maximum absolute atomic E-state index is 9.27. The lowest BCUT2D eigenvalue weighted by Gasteiger charge is -2.06. The molecule has 0 fully saturated rings. The fraction of sp³-hybridized carbons (Fsp3) is 0.286. The van der Waals surface area contributed by atoms with E-state index < -0.39 is 6.10 Å². The first kappa shape index (κ1) is 8.64. The van der Waals surface area contributed by atoms with E-state index in [1.165, 1.54) is 0 Å². The van der Waals surface area contributed by atoms with Crippen LogP contribution in [0, 0.1) is 0 Å². The predicted molar refractivity (Wildman–Crippen MR) is 46.0 cm³/mol. The van der Waals surface area contributed by atoms with Crippen molar-refractivity contribution >= 4 is 15.9 Å². The minimum absolute atomic E-state index is 0.220. The van der Waals surface area contributed by atoms with Crippen LogP contribution in [0.4, 0.5) is 0 Å². The van der Waals surface area contributed by atoms with Crippen molar-refractivity contribution in [1.82, 2.24) is 4.98 Å². The molecule has 0 bridgehead atoms. The molecule has 1 heterocycles. The second kappa shape index (κ2) is 3.80. The Bertz CT molecular complexity index is 242. The molecule has 3 N–H and O–H groups in total. The summed E-state index contributed by atoms with van der Waals surface area (Å²) in [5.74, 6) is 0. The number of hydrogen-bond acceptors (Lipinski definition) is 3. The van der Waals surface area contributed by atoms with Crippen LogP contribution in [0.5, 0.6) is 0 Å². The minimum atomic E-state index is -0.611. The Morgan fingerprint density at radius 3 is 2.91 bits per heavy atom. The highest BCUT2D eigenvalue weighted by molar-refractivity contribution is 9.10. The third-order valence-corrected chi connectivity index (χ3v) is 1.77. The molecule has 3 nitrogen and oxygen atoms in total. The first-order valence-electron chi connectivity index (χ1n) is 3.22. The number of aliphatic hydroxyl groups excluding tert-OH is 1. The van der Waals surface area contributed by atoms with Gasteiger partial charge >= 0.3 is 0 Å². The van der Waals surface area contributed by atoms with Crippen molar-refractivity contribution in [2.75, 3.05) is 6.54 Å². The summed E-state index contributed by atoms with van der Waals surface area (Å²) in [6.07, 6.45) is 2.65. The molecule has 1 atom stereocenters. The molecule has 1 aromatic heterocycles. The summed E-state index contributed by atoms with van der Waals surface area (Å²) < 4.78 is 0.850. The van der Waals surface area contributed by atoms with Crippen molar-refractivity contribution in [2.24, 2.45) is 5.73 Å². The van der Waals surface area contributed by atoms with Gasteiger partial charge < -0.3 is 10.8 Å². The average Bonchev–Trinajstić information content (AvgIpc) is 2.03. The number of nitrogens with two attached hydrogens (primary N) is 1. The van der Waals surface area contributed by atoms with Gasteiger partial charge in [-0.05, 0) is 22.0 Å². The van der Waals surface area contributed by atoms with E-state index in [9.17, 15) is 5.11 Å². The van der Waals surface area contributed by atoms with Crippen molar-refractivity contribution in [2.45, 2.75) is 6.10 Å². The van der Waals surface area contributed by atoms with Gasteiger partial charge in [0.05, 0.1) is 6.10 Å². The molecule has 0 aliphatic heterocycles. The monoisotopic (exact) mass is 216 g/mol. The molecule has 0 amide bonds. The van der Waals surface area contributed by atoms with Crippen LogP contribution in [0.1, 0.15) is 11.7 Å². The number of aliphatic hydroxyl groups is 1. The molecule has 1 rings (SSSR count). The second-order valence-electron chi connectivity index (χ2n) is 2.19. The number of aromatic nitrogens is 1. The molecule has 0 aliphatic carbocycles. The SMILES string of the molecule is NCC(O)c1cncc(Br)c1. The zero-order valence-corrected chi connectivity index (χ0v) is 7.45. The minimum Gasteiger partial charge on any atom is -0.387 e. The average molecular weight is 217 g/mol. The summed E-state index contributed by atoms with van der Waals surface area (Å²) in [7, 11) is 0. The van der Waals surface area contributed by atoms with Gasteiger partial charge in [0, 0.05) is 29.0 Å². The summed E-state index contributed by atoms with van der Waals surface area (Å²) in [6, 6.07) is 1.80. The van der Waals surface area contributed by atoms with Crippen molar-refractivity contribution in [3.8, 4) is 0 Å². The highest BCUT2D eigenvalue weighted by Gasteiger charge is 2.04. The fourth-order valence-electron chi connectivity index (χ4n) is 0.747. The summed E-state index contributed by atoms with van der Waals surface area (Å²) >= 11 is 3.25. The van der Waals surface area contributed by atoms with Crippen molar-refractivity contribution in [3.63, 3.8) is 0 Å². The van der Waals surface area contributed by atoms with Gasteiger partial charge in [0.15, 0.2) is 0 Å². The lowest BCUT2D eigenvalue weighted by Crippen LogP contribution is -2.11. The van der Waals surface area contributed by atoms with Gasteiger partial charge in [-0.1, -0.05) is 0 Å². The lowest BCUT2D eigenvalue weighted by atomic mass is 10.2. The van der Waals surface area contributed by atoms with Gasteiger partial charge in [0.25, 0.3) is 0 Å². The Kier molecular flexibility index (Phi) is 2.99. The van der Waals surface area contributed by atoms with E-state index in [1.54, 1.807) is 18.5 Å². The van der Waals surface area contributed by atoms with Gasteiger partial charge in [0.1, 0.15) is 0 Å². The van der Waals surface area contributed by atoms with Crippen LogP contribution in [0.25, 0.3) is 0 Å². The standard InChI is InChI=1S/C7H9BrN2O/c8-6-1-5(3-10-4-6)7(11)2-9/h1,3-4,7,11H,2,9H2. The molecule has 4 heteroatoms. The van der Waals surface area contributed by atoms with Gasteiger partial charge in [-0.2, -0.15) is 0 Å². The Morgan fingerprint density at radius 1 is 1.64 bits per heavy atom. The highest BCUT2D eigenvalue weighted by atomic mass is 79.9. The van der Waals surface area contributed by atoms with Gasteiger partial charge in [0.2, 0.25) is 0 Å². The number of halogens is 1. The maximum atomic E-state index is 9.27. The third-order valence-electron chi connectivity index (χ3n) is 1.33. The van der Waals surface area contributed by atoms with Gasteiger partial charge in [-0.3, -0.25) is 4.98 Å². The Labute approximate surface area is 73.4 Å². The number of nitrogens with zero attached hydrogens (tertiary/aromatic N) is 1. The normalized spacial score (nSPS) is 13.0. The van der Waals surface area contributed by atoms with Crippen LogP contribution < -0.4 is 5.73 Å². The fourth-order valence-corrected chi connectivity index (χ4v) is 1.13. The van der Waals surface area contributed by atoms with Gasteiger partial charge in [-0.15, -0.1) is 0 Å². The molecular formula is C7H9BrN2O. The van der Waals surface area contributed by atoms with E-state index in [2.05, 4.69) is 20.9 Å². The zero-order chi connectivity index (χ0) is 8.27. The van der Waals surface area contributed by atoms with Crippen molar-refractivity contribution in [1.29, 1.82) is 0 Å². The lowest BCUT2D eigenvalue weighted by molar-refractivity contribution is 0.186. The molecular weight excluding hydrogens is 208 g/mol. The smallest absolute Gasteiger partial charge is 0.0927 e. The van der Waals surface area contributed by atoms with E-state index in [0.717, 1.165) is 10.0 Å². The Morgan fingerprint density at radius 2 is 2.36 bits per heavy atom. The molecule has 11 heavy (non-hydrogen) atoms. The topological polar surface area (TPSA) is 59.1 Å². The van der Waals surface area contributed by atoms with Crippen LogP contribution >= 0.6 is 15.9 Å². The van der Waals surface area contributed by atoms with Crippen LogP contribution in [0.15, 0.2) is 22.9 Å². The van der Waals surface area contributed by atoms with Crippen LogP contribution in [-0.4, -0.2) is 16.6 Å². The first-order valence-corrected chi connectivity index (χ1v) is 4.02. The maximum Gasteiger partial charge on any atom is 0.0927 e. The van der Waals surface area contributed by atoms with Crippen molar-refractivity contribution in [3.05, 3.63) is 28.5 Å². The van der Waals surface area contributed by atoms with E-state index >= 15 is 0 Å². The molecule has 0 spiro atoms. The number of hydrogen-bond donors (Lipinski definition) is 2. The number of rotatable bonds is 2. The summed E-state index contributed by atoms with van der Waals surface area (Å²) in [5, 5.41) is 9.27. The number of pyridine rings is 1. The second-order valence-corrected chi connectivity index (χ2v) is 3.10. The van der Waals surface area contributed by atoms with Crippen LogP contribution in [0.3, 0.4) is 0 Å². The molecule has 0 aromatic carbocycles. The Hall–Kier alpha value is -0.450. The van der Waals surface area contributed by atoms with Gasteiger partial charge in [-0.25, -0.2) is 0 Å². The molecule has 0 saturated heterocycles. The quantitative estimate of drug-likeness (QED) is 0.771. The molecule has 60 valence electrons. The van der Waals surface area contributed by atoms with E-state index in [0.29, 0.717) is 0 Å². The van der Waals surface area contributed by atoms with E-state index in [4.69, 9.17) is 5.73 Å². The highest BCUT2D eigenvalue weighted by Crippen LogP contribution is 2.15. The molecule has 1 unspecified atom stereocenters. The molecule has 0 saturated carbocycles. The van der Waals surface area contributed by atoms with Crippen molar-refractivity contribution < 1.29 is 5.11 Å². The van der Waals surface area contributed by atoms with Crippen LogP contribution in [0.2, 0.25) is 0 Å². The summed E-state index contributed by atoms with van der Waals surface area (Å²) in [5.41, 5.74) is 6.00. The predicted octanol–water partition coefficient (Wildman–Crippen LogP) is 0.836. The zero-order valence-electron chi connectivity index (χ0n) is 5.87. The Balaban J connectivity index is 2.86. The summed E-state index contributed by atoms with van der Waals surface area (Å²) in [4.78, 5) is 3.89. The molecule has 1 aromatic rings. The first-order chi connectivity index (χ1) is 5.24. The summed E-state index contributed by atoms with van der Waals surface area (Å²) in [6.45, 7) is 0.220. The largest absolute Gasteiger partial charge is 0.387 e. The molecule has 0 radical (unpaired) electrons. The van der Waals surface area contributed by atoms with E-state index in [1.807, 2.05) is 0 Å². The van der Waals surface area contributed by atoms with E-state index in [-0.39, 0.29) is 6.54 Å². The molecule has 0 aliphatic rings. The van der Waals surface area contributed by atoms with Crippen LogP contribution in [-0.2, 0) is 0 Å². The third kappa shape index (κ3) is 2.25.